The number of H-pyrrole nitrogens is 1. The van der Waals surface area contributed by atoms with Crippen LogP contribution in [0.3, 0.4) is 0 Å². The Hall–Kier alpha value is -2.48. The molecule has 1 atom stereocenters. The molecular formula is C22H29ClF2N4O2. The minimum Gasteiger partial charge on any atom is -0.433 e. The van der Waals surface area contributed by atoms with E-state index in [0.717, 1.165) is 18.5 Å². The average Bonchev–Trinajstić information content (AvgIpc) is 3.48. The molecule has 31 heavy (non-hydrogen) atoms. The molecule has 1 saturated carbocycles. The second kappa shape index (κ2) is 11.8. The fourth-order valence-electron chi connectivity index (χ4n) is 2.90. The summed E-state index contributed by atoms with van der Waals surface area (Å²) in [5.74, 6) is -0.107. The van der Waals surface area contributed by atoms with Crippen LogP contribution in [-0.2, 0) is 9.53 Å². The van der Waals surface area contributed by atoms with Gasteiger partial charge in [0.2, 0.25) is 5.91 Å². The van der Waals surface area contributed by atoms with Gasteiger partial charge in [-0.1, -0.05) is 37.1 Å². The molecule has 0 aliphatic heterocycles. The summed E-state index contributed by atoms with van der Waals surface area (Å²) in [7, 11) is 0. The van der Waals surface area contributed by atoms with Crippen LogP contribution < -0.4 is 5.32 Å². The van der Waals surface area contributed by atoms with Crippen LogP contribution in [0.25, 0.3) is 0 Å². The zero-order chi connectivity index (χ0) is 23.0. The van der Waals surface area contributed by atoms with E-state index in [-0.39, 0.29) is 16.7 Å². The van der Waals surface area contributed by atoms with Gasteiger partial charge in [0.15, 0.2) is 5.82 Å². The van der Waals surface area contributed by atoms with E-state index in [9.17, 15) is 13.6 Å². The van der Waals surface area contributed by atoms with E-state index in [2.05, 4.69) is 25.2 Å². The van der Waals surface area contributed by atoms with Crippen LogP contribution in [0.5, 0.6) is 0 Å². The van der Waals surface area contributed by atoms with E-state index < -0.39 is 12.5 Å². The van der Waals surface area contributed by atoms with E-state index in [1.807, 2.05) is 13.0 Å². The van der Waals surface area contributed by atoms with Gasteiger partial charge in [0, 0.05) is 34.5 Å². The molecule has 0 radical (unpaired) electrons. The molecule has 1 aromatic heterocycles. The normalized spacial score (nSPS) is 17.2. The van der Waals surface area contributed by atoms with Crippen molar-refractivity contribution in [1.29, 1.82) is 0 Å². The smallest absolute Gasteiger partial charge is 0.387 e. The Morgan fingerprint density at radius 2 is 2.13 bits per heavy atom. The summed E-state index contributed by atoms with van der Waals surface area (Å²) in [4.78, 5) is 17.3. The Bertz CT molecular complexity index is 886. The van der Waals surface area contributed by atoms with Crippen LogP contribution in [0.2, 0.25) is 0 Å². The van der Waals surface area contributed by atoms with E-state index in [1.165, 1.54) is 6.08 Å². The van der Waals surface area contributed by atoms with Gasteiger partial charge in [-0.15, -0.1) is 0 Å². The van der Waals surface area contributed by atoms with Crippen LogP contribution in [-0.4, -0.2) is 28.4 Å². The molecule has 0 saturated heterocycles. The molecule has 1 aliphatic carbocycles. The number of alkyl halides is 2. The molecule has 0 bridgehead atoms. The summed E-state index contributed by atoms with van der Waals surface area (Å²) in [5.41, 5.74) is 1.74. The average molecular weight is 455 g/mol. The Labute approximate surface area is 186 Å². The number of amides is 1. The molecule has 2 rings (SSSR count). The molecule has 1 aromatic rings. The Morgan fingerprint density at radius 1 is 1.42 bits per heavy atom. The molecular weight excluding hydrogens is 426 g/mol. The maximum atomic E-state index is 13.0. The predicted molar refractivity (Wildman–Crippen MR) is 119 cm³/mol. The van der Waals surface area contributed by atoms with Crippen LogP contribution >= 0.6 is 11.6 Å². The fourth-order valence-corrected chi connectivity index (χ4v) is 3.00. The van der Waals surface area contributed by atoms with E-state index >= 15 is 0 Å². The van der Waals surface area contributed by atoms with Crippen molar-refractivity contribution in [3.05, 3.63) is 46.5 Å². The number of nitrogens with zero attached hydrogens (tertiary/aromatic N) is 2. The van der Waals surface area contributed by atoms with Crippen molar-refractivity contribution in [2.24, 2.45) is 10.9 Å². The Kier molecular flexibility index (Phi) is 9.43. The number of rotatable bonds is 11. The molecule has 1 aliphatic rings. The van der Waals surface area contributed by atoms with Crippen molar-refractivity contribution >= 4 is 29.0 Å². The molecule has 6 nitrogen and oxygen atoms in total. The molecule has 1 heterocycles. The van der Waals surface area contributed by atoms with Crippen LogP contribution in [0, 0.1) is 5.92 Å². The quantitative estimate of drug-likeness (QED) is 0.235. The van der Waals surface area contributed by atoms with Gasteiger partial charge in [-0.25, -0.2) is 0 Å². The largest absolute Gasteiger partial charge is 0.433 e. The number of aromatic nitrogens is 2. The number of aromatic amines is 1. The SMILES string of the molecule is C\C=C(/N=C(CCC)\C(=C/C(Cl)=C\C)OC(F)F)[C@@H](C)C(=O)Nc1cc(C2CC2)[nH]n1. The summed E-state index contributed by atoms with van der Waals surface area (Å²) < 4.78 is 30.6. The summed E-state index contributed by atoms with van der Waals surface area (Å²) in [6.07, 6.45) is 7.81. The van der Waals surface area contributed by atoms with Crippen LogP contribution in [0.4, 0.5) is 14.6 Å². The highest BCUT2D eigenvalue weighted by atomic mass is 35.5. The maximum Gasteiger partial charge on any atom is 0.387 e. The van der Waals surface area contributed by atoms with Crippen molar-refractivity contribution in [2.45, 2.75) is 65.9 Å². The minimum atomic E-state index is -3.02. The predicted octanol–water partition coefficient (Wildman–Crippen LogP) is 6.27. The minimum absolute atomic E-state index is 0.117. The number of hydrogen-bond acceptors (Lipinski definition) is 4. The number of carbonyl (C=O) groups is 1. The Balaban J connectivity index is 2.23. The van der Waals surface area contributed by atoms with Gasteiger partial charge in [0.1, 0.15) is 5.76 Å². The van der Waals surface area contributed by atoms with Gasteiger partial charge >= 0.3 is 6.61 Å². The number of hydrogen-bond donors (Lipinski definition) is 2. The molecule has 0 aromatic carbocycles. The van der Waals surface area contributed by atoms with Gasteiger partial charge in [0.05, 0.1) is 11.6 Å². The zero-order valence-electron chi connectivity index (χ0n) is 18.2. The Morgan fingerprint density at radius 3 is 2.68 bits per heavy atom. The van der Waals surface area contributed by atoms with E-state index in [1.54, 1.807) is 32.9 Å². The zero-order valence-corrected chi connectivity index (χ0v) is 19.0. The van der Waals surface area contributed by atoms with Crippen LogP contribution in [0.15, 0.2) is 45.8 Å². The van der Waals surface area contributed by atoms with Gasteiger partial charge in [0.25, 0.3) is 0 Å². The summed E-state index contributed by atoms with van der Waals surface area (Å²) in [6, 6.07) is 1.83. The fraction of sp³-hybridized carbons (Fsp3) is 0.500. The topological polar surface area (TPSA) is 79.4 Å². The lowest BCUT2D eigenvalue weighted by Crippen LogP contribution is -2.22. The third kappa shape index (κ3) is 7.61. The second-order valence-electron chi connectivity index (χ2n) is 7.28. The lowest BCUT2D eigenvalue weighted by molar-refractivity contribution is -0.118. The first kappa shape index (κ1) is 24.8. The molecule has 0 unspecified atom stereocenters. The molecule has 1 fully saturated rings. The summed E-state index contributed by atoms with van der Waals surface area (Å²) >= 11 is 6.01. The number of ether oxygens (including phenoxy) is 1. The van der Waals surface area contributed by atoms with Gasteiger partial charge in [-0.05, 0) is 40.0 Å². The first-order valence-corrected chi connectivity index (χ1v) is 10.7. The lowest BCUT2D eigenvalue weighted by Gasteiger charge is -2.16. The van der Waals surface area contributed by atoms with Gasteiger partial charge in [-0.3, -0.25) is 14.9 Å². The number of nitrogens with one attached hydrogen (secondary N) is 2. The standard InChI is InChI=1S/C22H29ClF2N4O2/c1-5-8-17(19(31-22(24)25)11-15(23)6-2)26-16(7-3)13(4)21(30)27-20-12-18(28-29-20)14-9-10-14/h6-7,11-14,22H,5,8-10H2,1-4H3,(H2,27,28,29,30)/b15-6+,16-7-,19-11+,26-17-/t13-/m1/s1. The number of aliphatic imine (C=N–C) groups is 1. The van der Waals surface area contributed by atoms with Crippen LogP contribution in [0.1, 0.15) is 65.0 Å². The van der Waals surface area contributed by atoms with Crippen molar-refractivity contribution in [3.63, 3.8) is 0 Å². The van der Waals surface area contributed by atoms with Gasteiger partial charge in [-0.2, -0.15) is 13.9 Å². The molecule has 170 valence electrons. The number of carbonyl (C=O) groups excluding carboxylic acids is 1. The molecule has 9 heteroatoms. The van der Waals surface area contributed by atoms with Gasteiger partial charge < -0.3 is 10.1 Å². The molecule has 1 amide bonds. The first-order chi connectivity index (χ1) is 14.8. The number of allylic oxidation sites excluding steroid dienone is 5. The first-order valence-electron chi connectivity index (χ1n) is 10.4. The molecule has 0 spiro atoms. The third-order valence-electron chi connectivity index (χ3n) is 4.79. The number of halogens is 3. The monoisotopic (exact) mass is 454 g/mol. The summed E-state index contributed by atoms with van der Waals surface area (Å²) in [5, 5.41) is 10.1. The van der Waals surface area contributed by atoms with Crippen molar-refractivity contribution < 1.29 is 18.3 Å². The number of anilines is 1. The maximum absolute atomic E-state index is 13.0. The highest BCUT2D eigenvalue weighted by Gasteiger charge is 2.26. The second-order valence-corrected chi connectivity index (χ2v) is 7.71. The highest BCUT2D eigenvalue weighted by Crippen LogP contribution is 2.39. The van der Waals surface area contributed by atoms with Crippen molar-refractivity contribution in [2.75, 3.05) is 5.32 Å². The van der Waals surface area contributed by atoms with Crippen molar-refractivity contribution in [1.82, 2.24) is 10.2 Å². The van der Waals surface area contributed by atoms with E-state index in [0.29, 0.717) is 36.0 Å². The summed E-state index contributed by atoms with van der Waals surface area (Å²) in [6.45, 7) is 3.99. The molecule has 2 N–H and O–H groups in total. The highest BCUT2D eigenvalue weighted by molar-refractivity contribution is 6.31. The van der Waals surface area contributed by atoms with E-state index in [4.69, 9.17) is 11.6 Å². The van der Waals surface area contributed by atoms with Crippen molar-refractivity contribution in [3.8, 4) is 0 Å². The third-order valence-corrected chi connectivity index (χ3v) is 5.12. The lowest BCUT2D eigenvalue weighted by atomic mass is 10.1.